The molecule has 0 saturated heterocycles. The lowest BCUT2D eigenvalue weighted by atomic mass is 10.2. The molecule has 0 atom stereocenters. The van der Waals surface area contributed by atoms with Crippen LogP contribution >= 0.6 is 0 Å². The van der Waals surface area contributed by atoms with Crippen LogP contribution in [0.1, 0.15) is 31.2 Å². The third-order valence-electron chi connectivity index (χ3n) is 3.39. The van der Waals surface area contributed by atoms with Gasteiger partial charge in [0.25, 0.3) is 0 Å². The van der Waals surface area contributed by atoms with E-state index in [9.17, 15) is 4.79 Å². The van der Waals surface area contributed by atoms with Gasteiger partial charge in [0.1, 0.15) is 5.75 Å². The van der Waals surface area contributed by atoms with Gasteiger partial charge < -0.3 is 15.8 Å². The molecule has 1 saturated carbocycles. The predicted octanol–water partition coefficient (Wildman–Crippen LogP) is 1.76. The Bertz CT molecular complexity index is 424. The zero-order chi connectivity index (χ0) is 13.7. The number of nitrogens with one attached hydrogen (secondary N) is 1. The van der Waals surface area contributed by atoms with Crippen LogP contribution in [0.2, 0.25) is 0 Å². The number of rotatable bonds is 7. The maximum atomic E-state index is 11.5. The van der Waals surface area contributed by atoms with Crippen molar-refractivity contribution in [1.29, 1.82) is 0 Å². The molecule has 1 aliphatic rings. The first-order valence-corrected chi connectivity index (χ1v) is 6.87. The van der Waals surface area contributed by atoms with Crippen LogP contribution in [0.3, 0.4) is 0 Å². The molecule has 4 nitrogen and oxygen atoms in total. The van der Waals surface area contributed by atoms with Crippen LogP contribution in [0.5, 0.6) is 5.75 Å². The first-order valence-electron chi connectivity index (χ1n) is 6.87. The van der Waals surface area contributed by atoms with E-state index in [2.05, 4.69) is 12.2 Å². The number of hydrogen-bond donors (Lipinski definition) is 2. The molecule has 0 aromatic heterocycles. The Morgan fingerprint density at radius 1 is 1.32 bits per heavy atom. The molecule has 0 bridgehead atoms. The summed E-state index contributed by atoms with van der Waals surface area (Å²) in [6.45, 7) is 3.40. The van der Waals surface area contributed by atoms with Crippen molar-refractivity contribution in [3.8, 4) is 5.75 Å². The average molecular weight is 262 g/mol. The Labute approximate surface area is 114 Å². The smallest absolute Gasteiger partial charge is 0.240 e. The fourth-order valence-electron chi connectivity index (χ4n) is 1.79. The largest absolute Gasteiger partial charge is 0.494 e. The van der Waals surface area contributed by atoms with Crippen molar-refractivity contribution in [3.63, 3.8) is 0 Å². The molecule has 0 heterocycles. The van der Waals surface area contributed by atoms with Crippen LogP contribution in [-0.4, -0.2) is 24.6 Å². The van der Waals surface area contributed by atoms with Crippen molar-refractivity contribution in [2.24, 2.45) is 5.73 Å². The molecule has 0 radical (unpaired) electrons. The van der Waals surface area contributed by atoms with Crippen LogP contribution in [-0.2, 0) is 4.79 Å². The SMILES string of the molecule is Cc1ccc(OCCCCNC(=O)C2(N)CC2)cc1. The molecule has 1 aromatic carbocycles. The summed E-state index contributed by atoms with van der Waals surface area (Å²) in [5, 5.41) is 2.87. The summed E-state index contributed by atoms with van der Waals surface area (Å²) >= 11 is 0. The topological polar surface area (TPSA) is 64.3 Å². The van der Waals surface area contributed by atoms with E-state index in [1.165, 1.54) is 5.56 Å². The maximum Gasteiger partial charge on any atom is 0.240 e. The first-order chi connectivity index (χ1) is 9.10. The number of carbonyl (C=O) groups is 1. The van der Waals surface area contributed by atoms with Crippen LogP contribution < -0.4 is 15.8 Å². The molecule has 3 N–H and O–H groups in total. The molecule has 104 valence electrons. The summed E-state index contributed by atoms with van der Waals surface area (Å²) in [4.78, 5) is 11.5. The van der Waals surface area contributed by atoms with E-state index in [0.717, 1.165) is 31.4 Å². The van der Waals surface area contributed by atoms with E-state index >= 15 is 0 Å². The monoisotopic (exact) mass is 262 g/mol. The number of ether oxygens (including phenoxy) is 1. The number of carbonyl (C=O) groups excluding carboxylic acids is 1. The van der Waals surface area contributed by atoms with Crippen LogP contribution in [0, 0.1) is 6.92 Å². The lowest BCUT2D eigenvalue weighted by molar-refractivity contribution is -0.123. The number of nitrogens with two attached hydrogens (primary N) is 1. The third kappa shape index (κ3) is 4.24. The van der Waals surface area contributed by atoms with E-state index < -0.39 is 5.54 Å². The van der Waals surface area contributed by atoms with Crippen molar-refractivity contribution in [2.45, 2.75) is 38.1 Å². The highest BCUT2D eigenvalue weighted by atomic mass is 16.5. The summed E-state index contributed by atoms with van der Waals surface area (Å²) in [5.41, 5.74) is 6.45. The molecule has 19 heavy (non-hydrogen) atoms. The van der Waals surface area contributed by atoms with Gasteiger partial charge in [0.05, 0.1) is 12.1 Å². The molecular weight excluding hydrogens is 240 g/mol. The third-order valence-corrected chi connectivity index (χ3v) is 3.39. The minimum atomic E-state index is -0.557. The number of amides is 1. The zero-order valence-electron chi connectivity index (χ0n) is 11.4. The summed E-state index contributed by atoms with van der Waals surface area (Å²) in [6.07, 6.45) is 3.46. The Morgan fingerprint density at radius 2 is 2.00 bits per heavy atom. The van der Waals surface area contributed by atoms with Crippen molar-refractivity contribution in [1.82, 2.24) is 5.32 Å². The van der Waals surface area contributed by atoms with Gasteiger partial charge in [0.2, 0.25) is 5.91 Å². The van der Waals surface area contributed by atoms with Crippen molar-refractivity contribution < 1.29 is 9.53 Å². The van der Waals surface area contributed by atoms with E-state index in [-0.39, 0.29) is 5.91 Å². The minimum absolute atomic E-state index is 0.00745. The fraction of sp³-hybridized carbons (Fsp3) is 0.533. The predicted molar refractivity (Wildman–Crippen MR) is 75.1 cm³/mol. The second-order valence-electron chi connectivity index (χ2n) is 5.28. The second-order valence-corrected chi connectivity index (χ2v) is 5.28. The zero-order valence-corrected chi connectivity index (χ0v) is 11.4. The number of benzene rings is 1. The van der Waals surface area contributed by atoms with Crippen LogP contribution in [0.15, 0.2) is 24.3 Å². The molecule has 1 fully saturated rings. The average Bonchev–Trinajstić information content (AvgIpc) is 3.15. The molecule has 0 unspecified atom stereocenters. The Hall–Kier alpha value is -1.55. The summed E-state index contributed by atoms with van der Waals surface area (Å²) in [6, 6.07) is 8.02. The van der Waals surface area contributed by atoms with Gasteiger partial charge in [-0.05, 0) is 44.7 Å². The highest BCUT2D eigenvalue weighted by Gasteiger charge is 2.45. The molecule has 1 aliphatic carbocycles. The highest BCUT2D eigenvalue weighted by Crippen LogP contribution is 2.31. The number of hydrogen-bond acceptors (Lipinski definition) is 3. The summed E-state index contributed by atoms with van der Waals surface area (Å²) in [7, 11) is 0. The lowest BCUT2D eigenvalue weighted by Crippen LogP contribution is -2.43. The second kappa shape index (κ2) is 6.06. The van der Waals surface area contributed by atoms with Crippen LogP contribution in [0.25, 0.3) is 0 Å². The lowest BCUT2D eigenvalue weighted by Gasteiger charge is -2.10. The molecule has 0 aliphatic heterocycles. The summed E-state index contributed by atoms with van der Waals surface area (Å²) in [5.74, 6) is 0.889. The Kier molecular flexibility index (Phi) is 4.43. The van der Waals surface area contributed by atoms with E-state index in [1.807, 2.05) is 24.3 Å². The fourth-order valence-corrected chi connectivity index (χ4v) is 1.79. The van der Waals surface area contributed by atoms with Crippen molar-refractivity contribution in [2.75, 3.05) is 13.2 Å². The van der Waals surface area contributed by atoms with E-state index in [0.29, 0.717) is 13.2 Å². The molecule has 2 rings (SSSR count). The summed E-state index contributed by atoms with van der Waals surface area (Å²) < 4.78 is 5.61. The van der Waals surface area contributed by atoms with Gasteiger partial charge in [0.15, 0.2) is 0 Å². The van der Waals surface area contributed by atoms with E-state index in [4.69, 9.17) is 10.5 Å². The van der Waals surface area contributed by atoms with Crippen LogP contribution in [0.4, 0.5) is 0 Å². The first kappa shape index (κ1) is 13.9. The minimum Gasteiger partial charge on any atom is -0.494 e. The standard InChI is InChI=1S/C15H22N2O2/c1-12-4-6-13(7-5-12)19-11-3-2-10-17-14(18)15(16)8-9-15/h4-7H,2-3,8-11,16H2,1H3,(H,17,18). The molecular formula is C15H22N2O2. The van der Waals surface area contributed by atoms with E-state index in [1.54, 1.807) is 0 Å². The van der Waals surface area contributed by atoms with Crippen molar-refractivity contribution in [3.05, 3.63) is 29.8 Å². The molecule has 1 aromatic rings. The number of aryl methyl sites for hydroxylation is 1. The molecule has 1 amide bonds. The van der Waals surface area contributed by atoms with Gasteiger partial charge in [-0.15, -0.1) is 0 Å². The normalized spacial score (nSPS) is 15.9. The van der Waals surface area contributed by atoms with Gasteiger partial charge in [0, 0.05) is 6.54 Å². The van der Waals surface area contributed by atoms with Gasteiger partial charge in [-0.1, -0.05) is 17.7 Å². The quantitative estimate of drug-likeness (QED) is 0.736. The number of unbranched alkanes of at least 4 members (excludes halogenated alkanes) is 1. The van der Waals surface area contributed by atoms with Gasteiger partial charge in [-0.3, -0.25) is 4.79 Å². The Balaban J connectivity index is 1.52. The Morgan fingerprint density at radius 3 is 2.63 bits per heavy atom. The van der Waals surface area contributed by atoms with Gasteiger partial charge in [-0.25, -0.2) is 0 Å². The maximum absolute atomic E-state index is 11.5. The van der Waals surface area contributed by atoms with Gasteiger partial charge in [-0.2, -0.15) is 0 Å². The molecule has 4 heteroatoms. The van der Waals surface area contributed by atoms with Crippen molar-refractivity contribution >= 4 is 5.91 Å². The molecule has 0 spiro atoms. The van der Waals surface area contributed by atoms with Gasteiger partial charge >= 0.3 is 0 Å². The highest BCUT2D eigenvalue weighted by molar-refractivity contribution is 5.88.